The summed E-state index contributed by atoms with van der Waals surface area (Å²) in [5.74, 6) is -0.843. The predicted octanol–water partition coefficient (Wildman–Crippen LogP) is 2.93. The van der Waals surface area contributed by atoms with Gasteiger partial charge < -0.3 is 14.7 Å². The zero-order chi connectivity index (χ0) is 16.2. The Balaban J connectivity index is 2.85. The molecule has 0 aliphatic carbocycles. The van der Waals surface area contributed by atoms with E-state index < -0.39 is 17.6 Å². The molecule has 0 spiro atoms. The minimum absolute atomic E-state index is 0.298. The number of hydrogen-bond acceptors (Lipinski definition) is 3. The number of benzene rings is 1. The molecule has 0 aliphatic heterocycles. The van der Waals surface area contributed by atoms with Crippen molar-refractivity contribution in [1.29, 1.82) is 0 Å². The molecule has 5 nitrogen and oxygen atoms in total. The van der Waals surface area contributed by atoms with E-state index in [0.717, 1.165) is 4.47 Å². The molecule has 0 saturated heterocycles. The van der Waals surface area contributed by atoms with Crippen molar-refractivity contribution in [1.82, 2.24) is 4.90 Å². The molecule has 0 fully saturated rings. The van der Waals surface area contributed by atoms with Gasteiger partial charge in [0.15, 0.2) is 6.10 Å². The molecular weight excluding hydrogens is 338 g/mol. The smallest absolute Gasteiger partial charge is 0.329 e. The minimum atomic E-state index is -1.27. The van der Waals surface area contributed by atoms with Crippen LogP contribution in [0.5, 0.6) is 5.75 Å². The normalized spacial score (nSPS) is 12.6. The molecule has 0 radical (unpaired) electrons. The summed E-state index contributed by atoms with van der Waals surface area (Å²) in [6, 6.07) is 7.11. The number of nitrogens with zero attached hydrogens (tertiary/aromatic N) is 1. The largest absolute Gasteiger partial charge is 0.481 e. The summed E-state index contributed by atoms with van der Waals surface area (Å²) in [5.41, 5.74) is -1.27. The van der Waals surface area contributed by atoms with Gasteiger partial charge in [0.2, 0.25) is 0 Å². The molecule has 1 aromatic carbocycles. The van der Waals surface area contributed by atoms with E-state index >= 15 is 0 Å². The minimum Gasteiger partial charge on any atom is -0.481 e. The van der Waals surface area contributed by atoms with Crippen LogP contribution in [0.25, 0.3) is 0 Å². The molecule has 0 aliphatic rings. The average molecular weight is 358 g/mol. The monoisotopic (exact) mass is 357 g/mol. The molecule has 6 heteroatoms. The second-order valence-corrected chi connectivity index (χ2v) is 6.08. The molecule has 1 N–H and O–H groups in total. The van der Waals surface area contributed by atoms with Gasteiger partial charge in [0.25, 0.3) is 5.91 Å². The molecule has 0 aromatic heterocycles. The quantitative estimate of drug-likeness (QED) is 0.849. The van der Waals surface area contributed by atoms with Crippen LogP contribution in [-0.2, 0) is 9.59 Å². The van der Waals surface area contributed by atoms with Gasteiger partial charge in [-0.1, -0.05) is 15.9 Å². The van der Waals surface area contributed by atoms with E-state index in [9.17, 15) is 14.7 Å². The summed E-state index contributed by atoms with van der Waals surface area (Å²) < 4.78 is 6.50. The van der Waals surface area contributed by atoms with Crippen LogP contribution in [0.3, 0.4) is 0 Å². The Morgan fingerprint density at radius 1 is 1.33 bits per heavy atom. The Labute approximate surface area is 133 Å². The van der Waals surface area contributed by atoms with Gasteiger partial charge >= 0.3 is 5.97 Å². The molecule has 1 amide bonds. The molecule has 0 bridgehead atoms. The predicted molar refractivity (Wildman–Crippen MR) is 83.3 cm³/mol. The summed E-state index contributed by atoms with van der Waals surface area (Å²) in [6.07, 6.45) is -0.759. The van der Waals surface area contributed by atoms with Crippen LogP contribution < -0.4 is 4.74 Å². The number of halogens is 1. The Hall–Kier alpha value is -1.56. The van der Waals surface area contributed by atoms with Gasteiger partial charge in [0.05, 0.1) is 0 Å². The van der Waals surface area contributed by atoms with Crippen molar-refractivity contribution >= 4 is 27.8 Å². The maximum Gasteiger partial charge on any atom is 0.329 e. The van der Waals surface area contributed by atoms with Crippen molar-refractivity contribution in [3.05, 3.63) is 28.7 Å². The third-order valence-corrected chi connectivity index (χ3v) is 3.78. The summed E-state index contributed by atoms with van der Waals surface area (Å²) in [4.78, 5) is 25.0. The number of carbonyl (C=O) groups excluding carboxylic acids is 1. The highest BCUT2D eigenvalue weighted by Gasteiger charge is 2.38. The van der Waals surface area contributed by atoms with Gasteiger partial charge in [-0.2, -0.15) is 0 Å². The molecule has 116 valence electrons. The Morgan fingerprint density at radius 2 is 1.86 bits per heavy atom. The van der Waals surface area contributed by atoms with E-state index in [2.05, 4.69) is 15.9 Å². The summed E-state index contributed by atoms with van der Waals surface area (Å²) in [5, 5.41) is 9.25. The maximum absolute atomic E-state index is 12.4. The van der Waals surface area contributed by atoms with Crippen LogP contribution in [-0.4, -0.2) is 40.1 Å². The summed E-state index contributed by atoms with van der Waals surface area (Å²) >= 11 is 3.32. The van der Waals surface area contributed by atoms with Crippen LogP contribution in [0, 0.1) is 0 Å². The fourth-order valence-electron chi connectivity index (χ4n) is 1.93. The Bertz CT molecular complexity index is 513. The number of carbonyl (C=O) groups is 2. The van der Waals surface area contributed by atoms with Gasteiger partial charge in [0, 0.05) is 11.0 Å². The summed E-state index contributed by atoms with van der Waals surface area (Å²) in [6.45, 7) is 6.66. The molecule has 0 saturated carbocycles. The highest BCUT2D eigenvalue weighted by molar-refractivity contribution is 9.10. The molecular formula is C15H20BrNO4. The Morgan fingerprint density at radius 3 is 2.29 bits per heavy atom. The molecule has 1 unspecified atom stereocenters. The van der Waals surface area contributed by atoms with E-state index in [0.29, 0.717) is 12.3 Å². The fraction of sp³-hybridized carbons (Fsp3) is 0.467. The van der Waals surface area contributed by atoms with Crippen LogP contribution in [0.2, 0.25) is 0 Å². The van der Waals surface area contributed by atoms with Gasteiger partial charge in [-0.3, -0.25) is 4.79 Å². The number of hydrogen-bond donors (Lipinski definition) is 1. The second kappa shape index (κ2) is 6.93. The molecule has 0 heterocycles. The molecule has 1 aromatic rings. The van der Waals surface area contributed by atoms with Crippen LogP contribution >= 0.6 is 15.9 Å². The fourth-order valence-corrected chi connectivity index (χ4v) is 2.19. The first-order chi connectivity index (χ1) is 9.70. The van der Waals surface area contributed by atoms with Crippen LogP contribution in [0.15, 0.2) is 28.7 Å². The third-order valence-electron chi connectivity index (χ3n) is 3.25. The highest BCUT2D eigenvalue weighted by Crippen LogP contribution is 2.20. The standard InChI is InChI=1S/C15H20BrNO4/c1-5-17(15(3,4)14(19)20)13(18)10(2)21-12-8-6-11(16)7-9-12/h6-10H,5H2,1-4H3,(H,19,20). The van der Waals surface area contributed by atoms with Crippen LogP contribution in [0.4, 0.5) is 0 Å². The lowest BCUT2D eigenvalue weighted by Gasteiger charge is -2.35. The lowest BCUT2D eigenvalue weighted by atomic mass is 10.0. The molecule has 1 rings (SSSR count). The number of carboxylic acids is 1. The molecule has 21 heavy (non-hydrogen) atoms. The van der Waals surface area contributed by atoms with Crippen molar-refractivity contribution in [2.45, 2.75) is 39.3 Å². The van der Waals surface area contributed by atoms with Crippen molar-refractivity contribution in [3.8, 4) is 5.75 Å². The maximum atomic E-state index is 12.4. The zero-order valence-electron chi connectivity index (χ0n) is 12.6. The molecule has 1 atom stereocenters. The number of rotatable bonds is 6. The van der Waals surface area contributed by atoms with E-state index in [1.54, 1.807) is 26.0 Å². The van der Waals surface area contributed by atoms with E-state index in [4.69, 9.17) is 4.74 Å². The van der Waals surface area contributed by atoms with Gasteiger partial charge in [0.1, 0.15) is 11.3 Å². The van der Waals surface area contributed by atoms with Crippen LogP contribution in [0.1, 0.15) is 27.7 Å². The van der Waals surface area contributed by atoms with Gasteiger partial charge in [-0.15, -0.1) is 0 Å². The van der Waals surface area contributed by atoms with Crippen molar-refractivity contribution in [3.63, 3.8) is 0 Å². The van der Waals surface area contributed by atoms with Crippen molar-refractivity contribution in [2.24, 2.45) is 0 Å². The lowest BCUT2D eigenvalue weighted by Crippen LogP contribution is -2.56. The summed E-state index contributed by atoms with van der Waals surface area (Å²) in [7, 11) is 0. The number of likely N-dealkylation sites (N-methyl/N-ethyl adjacent to an activating group) is 1. The number of aliphatic carboxylic acids is 1. The first-order valence-corrected chi connectivity index (χ1v) is 7.46. The average Bonchev–Trinajstić information content (AvgIpc) is 2.41. The van der Waals surface area contributed by atoms with Crippen molar-refractivity contribution in [2.75, 3.05) is 6.54 Å². The first kappa shape index (κ1) is 17.5. The second-order valence-electron chi connectivity index (χ2n) is 5.16. The SMILES string of the molecule is CCN(C(=O)C(C)Oc1ccc(Br)cc1)C(C)(C)C(=O)O. The topological polar surface area (TPSA) is 66.8 Å². The lowest BCUT2D eigenvalue weighted by molar-refractivity contribution is -0.159. The number of ether oxygens (including phenoxy) is 1. The number of carboxylic acid groups (broad SMARTS) is 1. The van der Waals surface area contributed by atoms with Crippen molar-refractivity contribution < 1.29 is 19.4 Å². The zero-order valence-corrected chi connectivity index (χ0v) is 14.2. The number of amides is 1. The van der Waals surface area contributed by atoms with E-state index in [1.807, 2.05) is 12.1 Å². The van der Waals surface area contributed by atoms with Gasteiger partial charge in [-0.05, 0) is 52.0 Å². The van der Waals surface area contributed by atoms with E-state index in [-0.39, 0.29) is 5.91 Å². The Kier molecular flexibility index (Phi) is 5.78. The first-order valence-electron chi connectivity index (χ1n) is 6.67. The highest BCUT2D eigenvalue weighted by atomic mass is 79.9. The van der Waals surface area contributed by atoms with E-state index in [1.165, 1.54) is 18.7 Å². The van der Waals surface area contributed by atoms with Gasteiger partial charge in [-0.25, -0.2) is 4.79 Å². The third kappa shape index (κ3) is 4.20.